The Morgan fingerprint density at radius 1 is 1.19 bits per heavy atom. The highest BCUT2D eigenvalue weighted by molar-refractivity contribution is 6.07. The second kappa shape index (κ2) is 6.63. The average Bonchev–Trinajstić information content (AvgIpc) is 3.21. The number of amides is 1. The Kier molecular flexibility index (Phi) is 4.16. The minimum absolute atomic E-state index is 0.164. The quantitative estimate of drug-likeness (QED) is 0.782. The maximum Gasteiger partial charge on any atom is 0.308 e. The fourth-order valence-corrected chi connectivity index (χ4v) is 3.44. The van der Waals surface area contributed by atoms with Gasteiger partial charge in [-0.25, -0.2) is 4.98 Å². The van der Waals surface area contributed by atoms with Crippen molar-refractivity contribution in [3.63, 3.8) is 0 Å². The summed E-state index contributed by atoms with van der Waals surface area (Å²) in [4.78, 5) is 30.7. The zero-order valence-corrected chi connectivity index (χ0v) is 14.1. The largest absolute Gasteiger partial charge is 0.481 e. The molecular formula is C20H18N2O4. The van der Waals surface area contributed by atoms with E-state index in [1.54, 1.807) is 29.4 Å². The Balaban J connectivity index is 1.77. The summed E-state index contributed by atoms with van der Waals surface area (Å²) in [6, 6.07) is 12.8. The SMILES string of the molecule is O=C(O)[C@H]1CCCN(C(=O)c2cc(-c3ccco3)nc3ccccc23)C1. The molecule has 3 aromatic rings. The monoisotopic (exact) mass is 350 g/mol. The number of hydrogen-bond donors (Lipinski definition) is 1. The number of carbonyl (C=O) groups is 2. The highest BCUT2D eigenvalue weighted by atomic mass is 16.4. The average molecular weight is 350 g/mol. The number of pyridine rings is 1. The molecule has 26 heavy (non-hydrogen) atoms. The maximum atomic E-state index is 13.2. The summed E-state index contributed by atoms with van der Waals surface area (Å²) in [5.41, 5.74) is 1.81. The molecule has 1 aliphatic heterocycles. The van der Waals surface area contributed by atoms with Crippen LogP contribution < -0.4 is 0 Å². The zero-order chi connectivity index (χ0) is 18.1. The van der Waals surface area contributed by atoms with Gasteiger partial charge in [-0.15, -0.1) is 0 Å². The molecule has 0 aliphatic carbocycles. The second-order valence-electron chi connectivity index (χ2n) is 6.48. The third kappa shape index (κ3) is 2.94. The van der Waals surface area contributed by atoms with Crippen molar-refractivity contribution in [2.75, 3.05) is 13.1 Å². The molecule has 3 heterocycles. The lowest BCUT2D eigenvalue weighted by atomic mass is 9.97. The van der Waals surface area contributed by atoms with E-state index in [-0.39, 0.29) is 12.5 Å². The van der Waals surface area contributed by atoms with Gasteiger partial charge in [0.25, 0.3) is 5.91 Å². The van der Waals surface area contributed by atoms with Crippen LogP contribution in [0.3, 0.4) is 0 Å². The molecule has 1 aliphatic rings. The van der Waals surface area contributed by atoms with E-state index in [2.05, 4.69) is 4.98 Å². The molecule has 4 rings (SSSR count). The molecule has 0 radical (unpaired) electrons. The van der Waals surface area contributed by atoms with Gasteiger partial charge in [-0.05, 0) is 37.1 Å². The number of hydrogen-bond acceptors (Lipinski definition) is 4. The van der Waals surface area contributed by atoms with Crippen molar-refractivity contribution in [2.45, 2.75) is 12.8 Å². The van der Waals surface area contributed by atoms with Crippen LogP contribution in [0.4, 0.5) is 0 Å². The number of likely N-dealkylation sites (tertiary alicyclic amines) is 1. The van der Waals surface area contributed by atoms with Crippen LogP contribution in [0.25, 0.3) is 22.4 Å². The van der Waals surface area contributed by atoms with Crippen LogP contribution in [-0.2, 0) is 4.79 Å². The number of carboxylic acid groups (broad SMARTS) is 1. The minimum Gasteiger partial charge on any atom is -0.481 e. The normalized spacial score (nSPS) is 17.4. The van der Waals surface area contributed by atoms with Gasteiger partial charge >= 0.3 is 5.97 Å². The molecule has 1 N–H and O–H groups in total. The summed E-state index contributed by atoms with van der Waals surface area (Å²) in [5, 5.41) is 10.0. The third-order valence-electron chi connectivity index (χ3n) is 4.78. The molecule has 1 amide bonds. The summed E-state index contributed by atoms with van der Waals surface area (Å²) < 4.78 is 5.43. The van der Waals surface area contributed by atoms with Crippen molar-refractivity contribution in [2.24, 2.45) is 5.92 Å². The van der Waals surface area contributed by atoms with Crippen LogP contribution in [0.2, 0.25) is 0 Å². The molecule has 2 aromatic heterocycles. The van der Waals surface area contributed by atoms with Crippen LogP contribution in [0.5, 0.6) is 0 Å². The van der Waals surface area contributed by atoms with E-state index >= 15 is 0 Å². The van der Waals surface area contributed by atoms with Gasteiger partial charge in [-0.1, -0.05) is 18.2 Å². The van der Waals surface area contributed by atoms with Crippen molar-refractivity contribution >= 4 is 22.8 Å². The van der Waals surface area contributed by atoms with E-state index < -0.39 is 11.9 Å². The number of carbonyl (C=O) groups excluding carboxylic acids is 1. The molecule has 1 aromatic carbocycles. The van der Waals surface area contributed by atoms with Gasteiger partial charge in [-0.2, -0.15) is 0 Å². The molecule has 1 atom stereocenters. The molecule has 0 unspecified atom stereocenters. The minimum atomic E-state index is -0.849. The number of rotatable bonds is 3. The topological polar surface area (TPSA) is 83.6 Å². The molecule has 0 bridgehead atoms. The fourth-order valence-electron chi connectivity index (χ4n) is 3.44. The molecule has 6 heteroatoms. The van der Waals surface area contributed by atoms with Gasteiger partial charge in [0.2, 0.25) is 0 Å². The number of aromatic nitrogens is 1. The zero-order valence-electron chi connectivity index (χ0n) is 14.1. The Morgan fingerprint density at radius 3 is 2.81 bits per heavy atom. The van der Waals surface area contributed by atoms with Crippen molar-refractivity contribution in [3.8, 4) is 11.5 Å². The first-order valence-electron chi connectivity index (χ1n) is 8.59. The smallest absolute Gasteiger partial charge is 0.308 e. The first-order valence-corrected chi connectivity index (χ1v) is 8.59. The number of carboxylic acids is 1. The molecule has 0 saturated carbocycles. The van der Waals surface area contributed by atoms with E-state index in [1.165, 1.54) is 0 Å². The summed E-state index contributed by atoms with van der Waals surface area (Å²) in [6.07, 6.45) is 2.86. The molecule has 132 valence electrons. The first-order chi connectivity index (χ1) is 12.6. The lowest BCUT2D eigenvalue weighted by molar-refractivity contribution is -0.143. The standard InChI is InChI=1S/C20H18N2O4/c23-19(22-9-3-5-13(12-22)20(24)25)15-11-17(18-8-4-10-26-18)21-16-7-2-1-6-14(15)16/h1-2,4,6-8,10-11,13H,3,5,9,12H2,(H,24,25)/t13-/m0/s1. The van der Waals surface area contributed by atoms with Crippen LogP contribution in [0, 0.1) is 5.92 Å². The van der Waals surface area contributed by atoms with Crippen LogP contribution >= 0.6 is 0 Å². The predicted molar refractivity (Wildman–Crippen MR) is 95.7 cm³/mol. The van der Waals surface area contributed by atoms with Crippen molar-refractivity contribution in [3.05, 3.63) is 54.3 Å². The second-order valence-corrected chi connectivity index (χ2v) is 6.48. The van der Waals surface area contributed by atoms with Crippen LogP contribution in [-0.4, -0.2) is 40.0 Å². The van der Waals surface area contributed by atoms with Crippen molar-refractivity contribution in [1.29, 1.82) is 0 Å². The summed E-state index contributed by atoms with van der Waals surface area (Å²) in [7, 11) is 0. The van der Waals surface area contributed by atoms with Gasteiger partial charge < -0.3 is 14.4 Å². The Morgan fingerprint density at radius 2 is 2.04 bits per heavy atom. The van der Waals surface area contributed by atoms with Gasteiger partial charge in [0.05, 0.1) is 23.3 Å². The van der Waals surface area contributed by atoms with E-state index in [1.807, 2.05) is 24.3 Å². The van der Waals surface area contributed by atoms with Gasteiger partial charge in [-0.3, -0.25) is 9.59 Å². The van der Waals surface area contributed by atoms with Crippen molar-refractivity contribution in [1.82, 2.24) is 9.88 Å². The first kappa shape index (κ1) is 16.3. The lowest BCUT2D eigenvalue weighted by Gasteiger charge is -2.31. The van der Waals surface area contributed by atoms with Crippen LogP contribution in [0.1, 0.15) is 23.2 Å². The highest BCUT2D eigenvalue weighted by Gasteiger charge is 2.29. The van der Waals surface area contributed by atoms with E-state index in [0.717, 1.165) is 5.39 Å². The lowest BCUT2D eigenvalue weighted by Crippen LogP contribution is -2.42. The number of fused-ring (bicyclic) bond motifs is 1. The van der Waals surface area contributed by atoms with E-state index in [4.69, 9.17) is 4.42 Å². The maximum absolute atomic E-state index is 13.2. The molecule has 1 saturated heterocycles. The third-order valence-corrected chi connectivity index (χ3v) is 4.78. The van der Waals surface area contributed by atoms with E-state index in [9.17, 15) is 14.7 Å². The van der Waals surface area contributed by atoms with Gasteiger partial charge in [0.1, 0.15) is 5.69 Å². The Bertz CT molecular complexity index is 965. The van der Waals surface area contributed by atoms with Gasteiger partial charge in [0, 0.05) is 18.5 Å². The van der Waals surface area contributed by atoms with Crippen LogP contribution in [0.15, 0.2) is 53.1 Å². The summed E-state index contributed by atoms with van der Waals surface area (Å²) in [5.74, 6) is -0.932. The highest BCUT2D eigenvalue weighted by Crippen LogP contribution is 2.27. The van der Waals surface area contributed by atoms with Crippen molar-refractivity contribution < 1.29 is 19.1 Å². The summed E-state index contributed by atoms with van der Waals surface area (Å²) in [6.45, 7) is 0.802. The Hall–Kier alpha value is -3.15. The van der Waals surface area contributed by atoms with Gasteiger partial charge in [0.15, 0.2) is 5.76 Å². The van der Waals surface area contributed by atoms with E-state index in [0.29, 0.717) is 41.9 Å². The number of para-hydroxylation sites is 1. The molecule has 1 fully saturated rings. The molecule has 0 spiro atoms. The number of aliphatic carboxylic acids is 1. The molecular weight excluding hydrogens is 332 g/mol. The predicted octanol–water partition coefficient (Wildman–Crippen LogP) is 3.43. The summed E-state index contributed by atoms with van der Waals surface area (Å²) >= 11 is 0. The Labute approximate surface area is 150 Å². The number of furan rings is 1. The molecule has 6 nitrogen and oxygen atoms in total. The number of piperidine rings is 1. The fraction of sp³-hybridized carbons (Fsp3) is 0.250. The number of benzene rings is 1. The number of nitrogens with zero attached hydrogens (tertiary/aromatic N) is 2.